The molecule has 1 unspecified atom stereocenters. The van der Waals surface area contributed by atoms with E-state index in [-0.39, 0.29) is 24.3 Å². The summed E-state index contributed by atoms with van der Waals surface area (Å²) in [4.78, 5) is 32.5. The van der Waals surface area contributed by atoms with E-state index in [1.807, 2.05) is 0 Å². The molecule has 1 rings (SSSR count). The fraction of sp³-hybridized carbons (Fsp3) is 0.385. The average Bonchev–Trinajstić information content (AvgIpc) is 2.45. The summed E-state index contributed by atoms with van der Waals surface area (Å²) >= 11 is 0. The number of nitrogens with zero attached hydrogens (tertiary/aromatic N) is 1. The Labute approximate surface area is 126 Å². The molecule has 0 saturated heterocycles. The van der Waals surface area contributed by atoms with Crippen LogP contribution in [0.15, 0.2) is 24.3 Å². The Balaban J connectivity index is 2.43. The molecule has 0 radical (unpaired) electrons. The molecule has 0 bridgehead atoms. The highest BCUT2D eigenvalue weighted by atomic mass is 16.6. The Morgan fingerprint density at radius 2 is 2.00 bits per heavy atom. The molecule has 1 aromatic carbocycles. The van der Waals surface area contributed by atoms with E-state index >= 15 is 0 Å². The number of benzene rings is 1. The van der Waals surface area contributed by atoms with Gasteiger partial charge in [0.2, 0.25) is 5.91 Å². The number of hydrogen-bond acceptors (Lipinski definition) is 6. The van der Waals surface area contributed by atoms with Crippen molar-refractivity contribution in [1.82, 2.24) is 5.32 Å². The van der Waals surface area contributed by atoms with Crippen molar-refractivity contribution in [2.24, 2.45) is 0 Å². The van der Waals surface area contributed by atoms with E-state index in [4.69, 9.17) is 5.11 Å². The van der Waals surface area contributed by atoms with Crippen molar-refractivity contribution in [2.75, 3.05) is 18.4 Å². The van der Waals surface area contributed by atoms with Gasteiger partial charge in [-0.1, -0.05) is 12.1 Å². The number of para-hydroxylation sites is 2. The predicted molar refractivity (Wildman–Crippen MR) is 77.5 cm³/mol. The first-order chi connectivity index (χ1) is 10.2. The van der Waals surface area contributed by atoms with Crippen molar-refractivity contribution in [3.63, 3.8) is 0 Å². The Kier molecular flexibility index (Phi) is 5.81. The zero-order valence-corrected chi connectivity index (χ0v) is 11.9. The Hall–Kier alpha value is -2.68. The zero-order valence-electron chi connectivity index (χ0n) is 11.9. The van der Waals surface area contributed by atoms with Gasteiger partial charge in [0.25, 0.3) is 5.69 Å². The molecule has 0 spiro atoms. The summed E-state index contributed by atoms with van der Waals surface area (Å²) in [5, 5.41) is 34.0. The lowest BCUT2D eigenvalue weighted by Gasteiger charge is -2.18. The van der Waals surface area contributed by atoms with Crippen molar-refractivity contribution in [3.8, 4) is 0 Å². The van der Waals surface area contributed by atoms with E-state index in [1.165, 1.54) is 18.2 Å². The van der Waals surface area contributed by atoms with Gasteiger partial charge in [-0.25, -0.2) is 4.79 Å². The minimum Gasteiger partial charge on any atom is -0.479 e. The minimum atomic E-state index is -2.04. The number of nitrogens with one attached hydrogen (secondary N) is 2. The third kappa shape index (κ3) is 5.02. The normalized spacial score (nSPS) is 13.0. The number of rotatable bonds is 8. The van der Waals surface area contributed by atoms with Crippen LogP contribution in [0.4, 0.5) is 11.4 Å². The van der Waals surface area contributed by atoms with Crippen LogP contribution in [0.3, 0.4) is 0 Å². The van der Waals surface area contributed by atoms with Gasteiger partial charge < -0.3 is 20.8 Å². The fourth-order valence-electron chi connectivity index (χ4n) is 1.53. The van der Waals surface area contributed by atoms with Crippen LogP contribution in [0.2, 0.25) is 0 Å². The number of aliphatic carboxylic acids is 1. The summed E-state index contributed by atoms with van der Waals surface area (Å²) in [5.41, 5.74) is -1.85. The standard InChI is InChI=1S/C13H17N3O6/c1-13(20,12(18)19)8-15-11(17)6-7-14-9-4-2-3-5-10(9)16(21)22/h2-5,14,20H,6-8H2,1H3,(H,15,17)(H,18,19). The summed E-state index contributed by atoms with van der Waals surface area (Å²) in [6.07, 6.45) is -0.0260. The number of anilines is 1. The van der Waals surface area contributed by atoms with Gasteiger partial charge in [-0.05, 0) is 13.0 Å². The van der Waals surface area contributed by atoms with Gasteiger partial charge in [-0.2, -0.15) is 0 Å². The molecule has 1 atom stereocenters. The lowest BCUT2D eigenvalue weighted by atomic mass is 10.1. The molecule has 22 heavy (non-hydrogen) atoms. The molecule has 4 N–H and O–H groups in total. The lowest BCUT2D eigenvalue weighted by Crippen LogP contribution is -2.46. The second kappa shape index (κ2) is 7.36. The fourth-order valence-corrected chi connectivity index (χ4v) is 1.53. The maximum Gasteiger partial charge on any atom is 0.337 e. The van der Waals surface area contributed by atoms with Gasteiger partial charge in [0.05, 0.1) is 11.5 Å². The highest BCUT2D eigenvalue weighted by Gasteiger charge is 2.30. The molecule has 0 heterocycles. The third-order valence-electron chi connectivity index (χ3n) is 2.86. The summed E-state index contributed by atoms with van der Waals surface area (Å²) in [7, 11) is 0. The molecule has 9 heteroatoms. The highest BCUT2D eigenvalue weighted by molar-refractivity contribution is 5.80. The molecule has 0 aliphatic heterocycles. The number of carboxylic acids is 1. The Morgan fingerprint density at radius 1 is 1.36 bits per heavy atom. The van der Waals surface area contributed by atoms with E-state index in [9.17, 15) is 24.8 Å². The third-order valence-corrected chi connectivity index (χ3v) is 2.86. The molecule has 120 valence electrons. The van der Waals surface area contributed by atoms with Crippen LogP contribution in [0.5, 0.6) is 0 Å². The zero-order chi connectivity index (χ0) is 16.8. The topological polar surface area (TPSA) is 142 Å². The lowest BCUT2D eigenvalue weighted by molar-refractivity contribution is -0.384. The molecule has 0 aliphatic carbocycles. The summed E-state index contributed by atoms with van der Waals surface area (Å²) in [5.74, 6) is -1.92. The molecule has 9 nitrogen and oxygen atoms in total. The number of hydrogen-bond donors (Lipinski definition) is 4. The van der Waals surface area contributed by atoms with Crippen LogP contribution in [0, 0.1) is 10.1 Å². The average molecular weight is 311 g/mol. The van der Waals surface area contributed by atoms with Crippen molar-refractivity contribution in [1.29, 1.82) is 0 Å². The molecule has 1 amide bonds. The van der Waals surface area contributed by atoms with Crippen molar-refractivity contribution in [2.45, 2.75) is 18.9 Å². The van der Waals surface area contributed by atoms with Crippen LogP contribution in [-0.2, 0) is 9.59 Å². The maximum atomic E-state index is 11.5. The molecular formula is C13H17N3O6. The smallest absolute Gasteiger partial charge is 0.337 e. The molecule has 1 aromatic rings. The number of aliphatic hydroxyl groups is 1. The van der Waals surface area contributed by atoms with E-state index in [0.29, 0.717) is 0 Å². The van der Waals surface area contributed by atoms with Crippen molar-refractivity contribution in [3.05, 3.63) is 34.4 Å². The first-order valence-corrected chi connectivity index (χ1v) is 6.44. The van der Waals surface area contributed by atoms with Gasteiger partial charge in [-0.15, -0.1) is 0 Å². The summed E-state index contributed by atoms with van der Waals surface area (Å²) < 4.78 is 0. The second-order valence-electron chi connectivity index (χ2n) is 4.81. The van der Waals surface area contributed by atoms with E-state index in [1.54, 1.807) is 6.07 Å². The first-order valence-electron chi connectivity index (χ1n) is 6.44. The molecule has 0 fully saturated rings. The van der Waals surface area contributed by atoms with E-state index in [2.05, 4.69) is 10.6 Å². The van der Waals surface area contributed by atoms with Crippen molar-refractivity contribution >= 4 is 23.3 Å². The number of carbonyl (C=O) groups excluding carboxylic acids is 1. The number of carboxylic acid groups (broad SMARTS) is 1. The molecular weight excluding hydrogens is 294 g/mol. The number of nitro benzene ring substituents is 1. The van der Waals surface area contributed by atoms with Crippen LogP contribution in [0.1, 0.15) is 13.3 Å². The van der Waals surface area contributed by atoms with Gasteiger partial charge in [0.1, 0.15) is 5.69 Å². The largest absolute Gasteiger partial charge is 0.479 e. The highest BCUT2D eigenvalue weighted by Crippen LogP contribution is 2.22. The SMILES string of the molecule is CC(O)(CNC(=O)CCNc1ccccc1[N+](=O)[O-])C(=O)O. The van der Waals surface area contributed by atoms with Gasteiger partial charge in [0, 0.05) is 19.0 Å². The van der Waals surface area contributed by atoms with Crippen LogP contribution in [-0.4, -0.2) is 45.7 Å². The van der Waals surface area contributed by atoms with Crippen LogP contribution < -0.4 is 10.6 Å². The molecule has 0 saturated carbocycles. The number of nitro groups is 1. The quantitative estimate of drug-likeness (QED) is 0.401. The minimum absolute atomic E-state index is 0.0260. The van der Waals surface area contributed by atoms with E-state index < -0.39 is 28.9 Å². The van der Waals surface area contributed by atoms with Gasteiger partial charge >= 0.3 is 5.97 Å². The summed E-state index contributed by atoms with van der Waals surface area (Å²) in [6, 6.07) is 6.02. The second-order valence-corrected chi connectivity index (χ2v) is 4.81. The first kappa shape index (κ1) is 17.4. The van der Waals surface area contributed by atoms with Crippen LogP contribution in [0.25, 0.3) is 0 Å². The number of carbonyl (C=O) groups is 2. The predicted octanol–water partition coefficient (Wildman–Crippen LogP) is 0.349. The van der Waals surface area contributed by atoms with Crippen LogP contribution >= 0.6 is 0 Å². The molecule has 0 aromatic heterocycles. The van der Waals surface area contributed by atoms with E-state index in [0.717, 1.165) is 6.92 Å². The maximum absolute atomic E-state index is 11.5. The Morgan fingerprint density at radius 3 is 2.59 bits per heavy atom. The van der Waals surface area contributed by atoms with Gasteiger partial charge in [-0.3, -0.25) is 14.9 Å². The Bertz CT molecular complexity index is 573. The molecule has 0 aliphatic rings. The van der Waals surface area contributed by atoms with Crippen molar-refractivity contribution < 1.29 is 24.7 Å². The summed E-state index contributed by atoms with van der Waals surface area (Å²) in [6.45, 7) is 0.778. The van der Waals surface area contributed by atoms with Gasteiger partial charge in [0.15, 0.2) is 5.60 Å². The number of amides is 1. The monoisotopic (exact) mass is 311 g/mol.